The van der Waals surface area contributed by atoms with Gasteiger partial charge in [0.25, 0.3) is 0 Å². The number of nitrogens with zero attached hydrogens (tertiary/aromatic N) is 2. The number of piperidine rings is 1. The number of likely N-dealkylation sites (tertiary alicyclic amines) is 1. The summed E-state index contributed by atoms with van der Waals surface area (Å²) in [5.74, 6) is 2.13. The van der Waals surface area contributed by atoms with Gasteiger partial charge in [0.15, 0.2) is 5.96 Å². The van der Waals surface area contributed by atoms with Crippen molar-refractivity contribution in [2.24, 2.45) is 16.8 Å². The van der Waals surface area contributed by atoms with E-state index in [0.29, 0.717) is 18.4 Å². The lowest BCUT2D eigenvalue weighted by molar-refractivity contribution is 0.209. The van der Waals surface area contributed by atoms with Crippen molar-refractivity contribution in [3.05, 3.63) is 0 Å². The van der Waals surface area contributed by atoms with Crippen molar-refractivity contribution in [2.45, 2.75) is 40.2 Å². The minimum Gasteiger partial charge on any atom is -0.355 e. The van der Waals surface area contributed by atoms with Gasteiger partial charge in [0.05, 0.1) is 5.75 Å². The van der Waals surface area contributed by atoms with Gasteiger partial charge in [-0.05, 0) is 32.1 Å². The molecule has 1 saturated heterocycles. The van der Waals surface area contributed by atoms with Crippen LogP contribution in [0.15, 0.2) is 4.99 Å². The van der Waals surface area contributed by atoms with Gasteiger partial charge in [-0.3, -0.25) is 4.99 Å². The predicted molar refractivity (Wildman–Crippen MR) is 87.9 cm³/mol. The average molecular weight is 318 g/mol. The molecule has 0 bridgehead atoms. The Morgan fingerprint density at radius 2 is 1.86 bits per heavy atom. The van der Waals surface area contributed by atoms with Gasteiger partial charge in [0.1, 0.15) is 0 Å². The van der Waals surface area contributed by atoms with Gasteiger partial charge in [-0.15, -0.1) is 0 Å². The molecule has 124 valence electrons. The van der Waals surface area contributed by atoms with E-state index in [0.717, 1.165) is 19.0 Å². The van der Waals surface area contributed by atoms with Crippen molar-refractivity contribution < 1.29 is 8.42 Å². The molecule has 0 spiro atoms. The predicted octanol–water partition coefficient (Wildman–Crippen LogP) is 0.868. The smallest absolute Gasteiger partial charge is 0.213 e. The molecule has 1 aliphatic heterocycles. The third-order valence-electron chi connectivity index (χ3n) is 3.45. The minimum atomic E-state index is -3.22. The Morgan fingerprint density at radius 3 is 2.33 bits per heavy atom. The summed E-state index contributed by atoms with van der Waals surface area (Å²) >= 11 is 0. The van der Waals surface area contributed by atoms with Gasteiger partial charge in [0.2, 0.25) is 10.0 Å². The highest BCUT2D eigenvalue weighted by molar-refractivity contribution is 7.89. The zero-order chi connectivity index (χ0) is 16.0. The summed E-state index contributed by atoms with van der Waals surface area (Å²) < 4.78 is 26.2. The van der Waals surface area contributed by atoms with E-state index >= 15 is 0 Å². The maximum absolute atomic E-state index is 11.8. The fraction of sp³-hybridized carbons (Fsp3) is 0.929. The second kappa shape index (κ2) is 7.98. The molecule has 0 aromatic carbocycles. The lowest BCUT2D eigenvalue weighted by atomic mass is 9.92. The molecule has 0 aliphatic carbocycles. The Hall–Kier alpha value is -0.820. The second-order valence-corrected chi connectivity index (χ2v) is 8.29. The first-order valence-electron chi connectivity index (χ1n) is 7.69. The van der Waals surface area contributed by atoms with Crippen LogP contribution in [0, 0.1) is 11.8 Å². The van der Waals surface area contributed by atoms with Gasteiger partial charge in [-0.2, -0.15) is 0 Å². The number of hydrogen-bond acceptors (Lipinski definition) is 3. The third kappa shape index (κ3) is 6.65. The van der Waals surface area contributed by atoms with E-state index in [4.69, 9.17) is 0 Å². The molecule has 1 heterocycles. The number of hydrogen-bond donors (Lipinski definition) is 2. The fourth-order valence-corrected chi connectivity index (χ4v) is 4.09. The molecular weight excluding hydrogens is 288 g/mol. The fourth-order valence-electron chi connectivity index (χ4n) is 2.88. The van der Waals surface area contributed by atoms with E-state index in [1.54, 1.807) is 7.05 Å². The monoisotopic (exact) mass is 318 g/mol. The Morgan fingerprint density at radius 1 is 1.29 bits per heavy atom. The molecule has 0 amide bonds. The van der Waals surface area contributed by atoms with Gasteiger partial charge in [-0.1, -0.05) is 13.8 Å². The molecular formula is C14H30N4O2S. The van der Waals surface area contributed by atoms with Crippen molar-refractivity contribution in [1.82, 2.24) is 14.9 Å². The van der Waals surface area contributed by atoms with Crippen molar-refractivity contribution in [3.8, 4) is 0 Å². The summed E-state index contributed by atoms with van der Waals surface area (Å²) in [7, 11) is -1.48. The number of aliphatic imine (C=N–C) groups is 1. The van der Waals surface area contributed by atoms with Crippen molar-refractivity contribution in [2.75, 3.05) is 32.4 Å². The lowest BCUT2D eigenvalue weighted by Crippen LogP contribution is -2.49. The van der Waals surface area contributed by atoms with E-state index < -0.39 is 10.0 Å². The van der Waals surface area contributed by atoms with E-state index in [1.165, 1.54) is 6.42 Å². The largest absolute Gasteiger partial charge is 0.355 e. The molecule has 2 atom stereocenters. The average Bonchev–Trinajstić information content (AvgIpc) is 2.31. The highest BCUT2D eigenvalue weighted by atomic mass is 32.2. The maximum atomic E-state index is 11.8. The van der Waals surface area contributed by atoms with Crippen LogP contribution in [0.5, 0.6) is 0 Å². The van der Waals surface area contributed by atoms with Gasteiger partial charge in [0, 0.05) is 32.7 Å². The highest BCUT2D eigenvalue weighted by Gasteiger charge is 2.24. The Balaban J connectivity index is 2.49. The van der Waals surface area contributed by atoms with E-state index in [1.807, 2.05) is 13.8 Å². The first-order valence-corrected chi connectivity index (χ1v) is 9.34. The Labute approximate surface area is 129 Å². The SMILES string of the molecule is CN=C(NCCS(=O)(=O)NC(C)C)N1CC(C)CC(C)C1. The van der Waals surface area contributed by atoms with Crippen molar-refractivity contribution in [1.29, 1.82) is 0 Å². The van der Waals surface area contributed by atoms with Crippen LogP contribution in [-0.2, 0) is 10.0 Å². The second-order valence-electron chi connectivity index (χ2n) is 6.42. The molecule has 0 saturated carbocycles. The highest BCUT2D eigenvalue weighted by Crippen LogP contribution is 2.20. The summed E-state index contributed by atoms with van der Waals surface area (Å²) in [5, 5.41) is 3.17. The Bertz CT molecular complexity index is 438. The van der Waals surface area contributed by atoms with E-state index in [-0.39, 0.29) is 11.8 Å². The van der Waals surface area contributed by atoms with Gasteiger partial charge in [-0.25, -0.2) is 13.1 Å². The van der Waals surface area contributed by atoms with Gasteiger partial charge < -0.3 is 10.2 Å². The summed E-state index contributed by atoms with van der Waals surface area (Å²) in [6, 6.07) is -0.0712. The van der Waals surface area contributed by atoms with E-state index in [9.17, 15) is 8.42 Å². The molecule has 21 heavy (non-hydrogen) atoms. The summed E-state index contributed by atoms with van der Waals surface area (Å²) in [4.78, 5) is 6.50. The topological polar surface area (TPSA) is 73.8 Å². The summed E-state index contributed by atoms with van der Waals surface area (Å²) in [5.41, 5.74) is 0. The number of sulfonamides is 1. The maximum Gasteiger partial charge on any atom is 0.213 e. The molecule has 0 aromatic heterocycles. The first kappa shape index (κ1) is 18.2. The Kier molecular flexibility index (Phi) is 6.93. The quantitative estimate of drug-likeness (QED) is 0.583. The third-order valence-corrected chi connectivity index (χ3v) is 5.02. The molecule has 7 heteroatoms. The van der Waals surface area contributed by atoms with Crippen LogP contribution in [0.4, 0.5) is 0 Å². The van der Waals surface area contributed by atoms with Crippen molar-refractivity contribution >= 4 is 16.0 Å². The van der Waals surface area contributed by atoms with Crippen LogP contribution in [0.25, 0.3) is 0 Å². The normalized spacial score (nSPS) is 24.5. The molecule has 1 aliphatic rings. The standard InChI is InChI=1S/C14H30N4O2S/c1-11(2)17-21(19,20)7-6-16-14(15-5)18-9-12(3)8-13(4)10-18/h11-13,17H,6-10H2,1-5H3,(H,15,16). The first-order chi connectivity index (χ1) is 9.73. The van der Waals surface area contributed by atoms with Crippen LogP contribution in [0.3, 0.4) is 0 Å². The summed E-state index contributed by atoms with van der Waals surface area (Å²) in [6.45, 7) is 10.4. The lowest BCUT2D eigenvalue weighted by Gasteiger charge is -2.37. The summed E-state index contributed by atoms with van der Waals surface area (Å²) in [6.07, 6.45) is 1.24. The zero-order valence-corrected chi connectivity index (χ0v) is 14.7. The van der Waals surface area contributed by atoms with E-state index in [2.05, 4.69) is 33.8 Å². The molecule has 1 fully saturated rings. The van der Waals surface area contributed by atoms with Crippen LogP contribution in [0.1, 0.15) is 34.1 Å². The van der Waals surface area contributed by atoms with Crippen LogP contribution >= 0.6 is 0 Å². The number of guanidine groups is 1. The van der Waals surface area contributed by atoms with Crippen LogP contribution in [0.2, 0.25) is 0 Å². The number of nitrogens with one attached hydrogen (secondary N) is 2. The molecule has 1 rings (SSSR count). The van der Waals surface area contributed by atoms with Crippen LogP contribution < -0.4 is 10.0 Å². The van der Waals surface area contributed by atoms with Gasteiger partial charge >= 0.3 is 0 Å². The molecule has 2 unspecified atom stereocenters. The zero-order valence-electron chi connectivity index (χ0n) is 13.9. The minimum absolute atomic E-state index is 0.0587. The molecule has 2 N–H and O–H groups in total. The van der Waals surface area contributed by atoms with Crippen molar-refractivity contribution in [3.63, 3.8) is 0 Å². The number of rotatable bonds is 5. The molecule has 0 aromatic rings. The molecule has 0 radical (unpaired) electrons. The van der Waals surface area contributed by atoms with Crippen LogP contribution in [-0.4, -0.2) is 57.8 Å². The molecule has 6 nitrogen and oxygen atoms in total.